The first-order valence-corrected chi connectivity index (χ1v) is 17.4. The third-order valence-corrected chi connectivity index (χ3v) is 11.1. The van der Waals surface area contributed by atoms with E-state index >= 15 is 0 Å². The zero-order chi connectivity index (χ0) is 41.7. The molecule has 0 aliphatic carbocycles. The Bertz CT molecular complexity index is 3400. The Labute approximate surface area is 310 Å². The summed E-state index contributed by atoms with van der Waals surface area (Å²) >= 11 is 3.01. The summed E-state index contributed by atoms with van der Waals surface area (Å²) < 4.78 is 89.7. The van der Waals surface area contributed by atoms with E-state index in [1.54, 1.807) is 23.5 Å². The molecule has 0 aliphatic rings. The predicted molar refractivity (Wildman–Crippen MR) is 213 cm³/mol. The first-order chi connectivity index (χ1) is 28.9. The van der Waals surface area contributed by atoms with Crippen molar-refractivity contribution < 1.29 is 13.7 Å². The number of rotatable bonds is 5. The average molecular weight is 684 g/mol. The molecule has 10 rings (SSSR count). The molecule has 0 aliphatic heterocycles. The fraction of sp³-hybridized carbons (Fsp3) is 0. The Kier molecular flexibility index (Phi) is 4.85. The minimum absolute atomic E-state index is 0.0708. The number of fused-ring (bicyclic) bond motifs is 6. The fourth-order valence-electron chi connectivity index (χ4n) is 6.48. The lowest BCUT2D eigenvalue weighted by molar-refractivity contribution is 1.08. The monoisotopic (exact) mass is 683 g/mol. The maximum Gasteiger partial charge on any atom is 0.165 e. The van der Waals surface area contributed by atoms with Crippen LogP contribution in [0.15, 0.2) is 164 Å². The third-order valence-electron chi connectivity index (χ3n) is 8.71. The molecule has 3 nitrogen and oxygen atoms in total. The Morgan fingerprint density at radius 2 is 1.00 bits per heavy atom. The molecule has 234 valence electrons. The number of benzene rings is 7. The van der Waals surface area contributed by atoms with Crippen LogP contribution in [0.3, 0.4) is 0 Å². The minimum Gasteiger partial charge on any atom is -0.208 e. The maximum atomic E-state index is 8.97. The van der Waals surface area contributed by atoms with Gasteiger partial charge in [0.15, 0.2) is 17.5 Å². The van der Waals surface area contributed by atoms with Crippen molar-refractivity contribution in [2.45, 2.75) is 0 Å². The van der Waals surface area contributed by atoms with Gasteiger partial charge in [-0.2, -0.15) is 0 Å². The van der Waals surface area contributed by atoms with Gasteiger partial charge in [-0.25, -0.2) is 15.0 Å². The van der Waals surface area contributed by atoms with E-state index in [9.17, 15) is 0 Å². The van der Waals surface area contributed by atoms with Crippen molar-refractivity contribution in [2.75, 3.05) is 0 Å². The molecule has 0 spiro atoms. The van der Waals surface area contributed by atoms with Crippen LogP contribution in [0.4, 0.5) is 0 Å². The second-order valence-electron chi connectivity index (χ2n) is 11.6. The lowest BCUT2D eigenvalue weighted by Crippen LogP contribution is -2.00. The second-order valence-corrected chi connectivity index (χ2v) is 13.7. The van der Waals surface area contributed by atoms with Crippen molar-refractivity contribution in [1.29, 1.82) is 0 Å². The van der Waals surface area contributed by atoms with Crippen molar-refractivity contribution >= 4 is 63.0 Å². The highest BCUT2D eigenvalue weighted by atomic mass is 32.1. The van der Waals surface area contributed by atoms with Crippen molar-refractivity contribution in [2.24, 2.45) is 0 Å². The first kappa shape index (κ1) is 20.5. The summed E-state index contributed by atoms with van der Waals surface area (Å²) in [6.45, 7) is 0. The quantitative estimate of drug-likeness (QED) is 0.181. The molecule has 0 saturated carbocycles. The summed E-state index contributed by atoms with van der Waals surface area (Å²) in [5.41, 5.74) is 2.55. The molecule has 0 bridgehead atoms. The average Bonchev–Trinajstić information content (AvgIpc) is 3.85. The molecule has 7 aromatic carbocycles. The van der Waals surface area contributed by atoms with Crippen LogP contribution in [0.25, 0.3) is 96.8 Å². The van der Waals surface area contributed by atoms with Crippen molar-refractivity contribution in [3.63, 3.8) is 0 Å². The normalized spacial score (nSPS) is 14.4. The first-order valence-electron chi connectivity index (χ1n) is 20.8. The van der Waals surface area contributed by atoms with Crippen LogP contribution < -0.4 is 0 Å². The van der Waals surface area contributed by atoms with Crippen LogP contribution in [0.2, 0.25) is 0 Å². The van der Waals surface area contributed by atoms with Crippen LogP contribution >= 0.6 is 22.7 Å². The highest BCUT2D eigenvalue weighted by molar-refractivity contribution is 7.26. The topological polar surface area (TPSA) is 38.7 Å². The number of aromatic nitrogens is 3. The molecule has 10 aromatic rings. The van der Waals surface area contributed by atoms with Gasteiger partial charge in [-0.1, -0.05) is 133 Å². The smallest absolute Gasteiger partial charge is 0.165 e. The summed E-state index contributed by atoms with van der Waals surface area (Å²) in [4.78, 5) is 15.3. The number of thiophene rings is 2. The van der Waals surface area contributed by atoms with Gasteiger partial charge in [0.05, 0.1) is 13.7 Å². The Morgan fingerprint density at radius 1 is 0.400 bits per heavy atom. The van der Waals surface area contributed by atoms with E-state index in [4.69, 9.17) is 28.7 Å². The third kappa shape index (κ3) is 4.82. The molecule has 0 saturated heterocycles. The van der Waals surface area contributed by atoms with Crippen molar-refractivity contribution in [3.8, 4) is 56.4 Å². The summed E-state index contributed by atoms with van der Waals surface area (Å²) in [6.07, 6.45) is 0. The van der Waals surface area contributed by atoms with Gasteiger partial charge in [0, 0.05) is 62.6 Å². The zero-order valence-electron chi connectivity index (χ0n) is 36.0. The number of nitrogens with zero attached hydrogens (tertiary/aromatic N) is 3. The van der Waals surface area contributed by atoms with Crippen LogP contribution in [0.1, 0.15) is 13.7 Å². The van der Waals surface area contributed by atoms with E-state index in [2.05, 4.69) is 18.2 Å². The van der Waals surface area contributed by atoms with E-state index in [-0.39, 0.29) is 22.3 Å². The van der Waals surface area contributed by atoms with Crippen molar-refractivity contribution in [1.82, 2.24) is 15.0 Å². The molecular weight excluding hydrogens is 647 g/mol. The van der Waals surface area contributed by atoms with E-state index in [0.717, 1.165) is 36.0 Å². The van der Waals surface area contributed by atoms with Crippen LogP contribution in [0, 0.1) is 0 Å². The summed E-state index contributed by atoms with van der Waals surface area (Å²) in [6, 6.07) is 28.0. The van der Waals surface area contributed by atoms with E-state index < -0.39 is 60.4 Å². The Balaban J connectivity index is 1.31. The number of hydrogen-bond donors (Lipinski definition) is 0. The van der Waals surface area contributed by atoms with Gasteiger partial charge in [0.2, 0.25) is 0 Å². The van der Waals surface area contributed by atoms with Crippen LogP contribution in [0.5, 0.6) is 0 Å². The molecule has 5 heteroatoms. The molecule has 0 amide bonds. The molecule has 0 atom stereocenters. The van der Waals surface area contributed by atoms with E-state index in [1.807, 2.05) is 72.8 Å². The molecule has 0 radical (unpaired) electrons. The van der Waals surface area contributed by atoms with Crippen molar-refractivity contribution in [3.05, 3.63) is 164 Å². The molecule has 3 aromatic heterocycles. The number of hydrogen-bond acceptors (Lipinski definition) is 5. The second kappa shape index (κ2) is 11.8. The standard InChI is InChI=1S/C45H27N3S2/c1-4-14-28(15-5-1)31-26-36(29-16-6-2-7-17-29)42-37(27-31)40-34(22-13-25-39(40)50-42)44-46-43(30-18-8-3-9-19-30)47-45(48-44)35-23-12-21-33-32-20-10-11-24-38(32)49-41(33)35/h1-27H/i1D,2D,4D,5D,6D,7D,14D,15D,16D,17D. The van der Waals surface area contributed by atoms with Crippen LogP contribution in [-0.4, -0.2) is 15.0 Å². The maximum absolute atomic E-state index is 8.97. The molecule has 50 heavy (non-hydrogen) atoms. The molecule has 0 unspecified atom stereocenters. The van der Waals surface area contributed by atoms with Gasteiger partial charge in [-0.05, 0) is 47.0 Å². The zero-order valence-corrected chi connectivity index (χ0v) is 27.6. The summed E-state index contributed by atoms with van der Waals surface area (Å²) in [5, 5.41) is 3.46. The van der Waals surface area contributed by atoms with Gasteiger partial charge in [0.1, 0.15) is 0 Å². The Hall–Kier alpha value is -6.01. The lowest BCUT2D eigenvalue weighted by Gasteiger charge is -2.11. The van der Waals surface area contributed by atoms with E-state index in [0.29, 0.717) is 38.5 Å². The highest BCUT2D eigenvalue weighted by Gasteiger charge is 2.21. The van der Waals surface area contributed by atoms with E-state index in [1.165, 1.54) is 11.3 Å². The lowest BCUT2D eigenvalue weighted by atomic mass is 9.95. The van der Waals surface area contributed by atoms with Gasteiger partial charge in [0.25, 0.3) is 0 Å². The van der Waals surface area contributed by atoms with Crippen LogP contribution in [-0.2, 0) is 0 Å². The molecule has 3 heterocycles. The summed E-state index contributed by atoms with van der Waals surface area (Å²) in [5.74, 6) is 1.27. The minimum atomic E-state index is -0.546. The molecular formula is C45H27N3S2. The fourth-order valence-corrected chi connectivity index (χ4v) is 8.92. The van der Waals surface area contributed by atoms with Gasteiger partial charge >= 0.3 is 0 Å². The van der Waals surface area contributed by atoms with Gasteiger partial charge < -0.3 is 0 Å². The highest BCUT2D eigenvalue weighted by Crippen LogP contribution is 2.46. The van der Waals surface area contributed by atoms with Gasteiger partial charge in [-0.15, -0.1) is 22.7 Å². The summed E-state index contributed by atoms with van der Waals surface area (Å²) in [7, 11) is 0. The predicted octanol–water partition coefficient (Wildman–Crippen LogP) is 12.9. The Morgan fingerprint density at radius 3 is 1.82 bits per heavy atom. The largest absolute Gasteiger partial charge is 0.208 e. The molecule has 0 fully saturated rings. The van der Waals surface area contributed by atoms with Gasteiger partial charge in [-0.3, -0.25) is 0 Å². The molecule has 0 N–H and O–H groups in total. The SMILES string of the molecule is [2H]c1c([2H])c([2H])c(-c2cc(-c3c([2H])c([2H])c([2H])c([2H])c3[2H])c3sc4cccc(-c5nc(-c6ccccc6)nc(-c6cccc7c6sc6ccccc67)n5)c4c3c2)c([2H])c1[2H].